The number of aromatic hydroxyl groups is 1. The van der Waals surface area contributed by atoms with Gasteiger partial charge in [-0.2, -0.15) is 0 Å². The normalized spacial score (nSPS) is 11.5. The highest BCUT2D eigenvalue weighted by molar-refractivity contribution is 5.91. The summed E-state index contributed by atoms with van der Waals surface area (Å²) in [6.07, 6.45) is 6.38. The lowest BCUT2D eigenvalue weighted by Gasteiger charge is -2.02. The van der Waals surface area contributed by atoms with Crippen LogP contribution in [0.3, 0.4) is 0 Å². The lowest BCUT2D eigenvalue weighted by molar-refractivity contribution is -0.644. The average molecular weight is 312 g/mol. The van der Waals surface area contributed by atoms with Crippen molar-refractivity contribution in [3.05, 3.63) is 84.1 Å². The van der Waals surface area contributed by atoms with Crippen molar-refractivity contribution >= 4 is 33.8 Å². The molecule has 0 atom stereocenters. The Morgan fingerprint density at radius 2 is 1.62 bits per heavy atom. The van der Waals surface area contributed by atoms with E-state index in [9.17, 15) is 5.11 Å². The van der Waals surface area contributed by atoms with Gasteiger partial charge in [0.25, 0.3) is 0 Å². The van der Waals surface area contributed by atoms with Crippen molar-refractivity contribution in [2.45, 2.75) is 0 Å². The van der Waals surface area contributed by atoms with Crippen LogP contribution in [-0.2, 0) is 7.05 Å². The molecule has 116 valence electrons. The van der Waals surface area contributed by atoms with Gasteiger partial charge in [0.15, 0.2) is 6.20 Å². The number of hydrogen-bond acceptors (Lipinski definition) is 1. The minimum Gasteiger partial charge on any atom is -0.508 e. The highest BCUT2D eigenvalue weighted by Gasteiger charge is 2.06. The first-order chi connectivity index (χ1) is 11.7. The van der Waals surface area contributed by atoms with Gasteiger partial charge in [-0.15, -0.1) is 0 Å². The van der Waals surface area contributed by atoms with E-state index in [1.807, 2.05) is 12.1 Å². The lowest BCUT2D eigenvalue weighted by atomic mass is 10.0. The molecule has 0 saturated heterocycles. The molecule has 0 fully saturated rings. The standard InChI is InChI=1S/C22H17NO/c1-23-13-12-17(21-4-2-3-5-22(21)23)8-6-16-7-9-19-15-20(24)11-10-18(19)14-16/h2-15H,1H3/p+1. The van der Waals surface area contributed by atoms with Gasteiger partial charge >= 0.3 is 0 Å². The molecule has 1 N–H and O–H groups in total. The van der Waals surface area contributed by atoms with Crippen LogP contribution in [0, 0.1) is 0 Å². The van der Waals surface area contributed by atoms with Gasteiger partial charge in [-0.1, -0.05) is 42.5 Å². The van der Waals surface area contributed by atoms with Crippen molar-refractivity contribution in [1.82, 2.24) is 0 Å². The van der Waals surface area contributed by atoms with Gasteiger partial charge in [0.1, 0.15) is 12.8 Å². The fraction of sp³-hybridized carbons (Fsp3) is 0.0455. The first-order valence-electron chi connectivity index (χ1n) is 7.99. The van der Waals surface area contributed by atoms with E-state index in [0.717, 1.165) is 16.3 Å². The van der Waals surface area contributed by atoms with E-state index < -0.39 is 0 Å². The van der Waals surface area contributed by atoms with Crippen LogP contribution in [0.1, 0.15) is 11.1 Å². The summed E-state index contributed by atoms with van der Waals surface area (Å²) in [7, 11) is 2.06. The zero-order valence-corrected chi connectivity index (χ0v) is 13.5. The molecule has 0 amide bonds. The number of para-hydroxylation sites is 1. The molecule has 2 nitrogen and oxygen atoms in total. The van der Waals surface area contributed by atoms with Crippen LogP contribution >= 0.6 is 0 Å². The molecule has 2 heteroatoms. The highest BCUT2D eigenvalue weighted by atomic mass is 16.3. The number of benzene rings is 3. The highest BCUT2D eigenvalue weighted by Crippen LogP contribution is 2.23. The van der Waals surface area contributed by atoms with E-state index in [1.54, 1.807) is 12.1 Å². The Morgan fingerprint density at radius 3 is 2.54 bits per heavy atom. The van der Waals surface area contributed by atoms with Gasteiger partial charge in [0, 0.05) is 12.1 Å². The second-order valence-electron chi connectivity index (χ2n) is 6.02. The predicted octanol–water partition coefficient (Wildman–Crippen LogP) is 4.69. The Labute approximate surface area is 140 Å². The van der Waals surface area contributed by atoms with E-state index in [0.29, 0.717) is 5.75 Å². The molecule has 0 aliphatic carbocycles. The van der Waals surface area contributed by atoms with Crippen LogP contribution in [0.5, 0.6) is 5.75 Å². The largest absolute Gasteiger partial charge is 0.508 e. The summed E-state index contributed by atoms with van der Waals surface area (Å²) >= 11 is 0. The third-order valence-corrected chi connectivity index (χ3v) is 4.38. The number of aryl methyl sites for hydroxylation is 1. The molecule has 0 saturated carbocycles. The number of rotatable bonds is 2. The second-order valence-corrected chi connectivity index (χ2v) is 6.02. The van der Waals surface area contributed by atoms with Crippen LogP contribution in [-0.4, -0.2) is 5.11 Å². The SMILES string of the molecule is C[n+]1ccc(/C=C/c2ccc3cc(O)ccc3c2)c2ccccc21. The van der Waals surface area contributed by atoms with Gasteiger partial charge in [0.05, 0.1) is 5.39 Å². The number of nitrogens with zero attached hydrogens (tertiary/aromatic N) is 1. The third-order valence-electron chi connectivity index (χ3n) is 4.38. The molecule has 0 spiro atoms. The zero-order chi connectivity index (χ0) is 16.5. The van der Waals surface area contributed by atoms with Crippen LogP contribution < -0.4 is 4.57 Å². The third kappa shape index (κ3) is 2.63. The molecule has 24 heavy (non-hydrogen) atoms. The molecule has 4 aromatic rings. The minimum absolute atomic E-state index is 0.300. The van der Waals surface area contributed by atoms with Crippen molar-refractivity contribution in [3.63, 3.8) is 0 Å². The number of aromatic nitrogens is 1. The molecule has 0 radical (unpaired) electrons. The van der Waals surface area contributed by atoms with Crippen molar-refractivity contribution in [1.29, 1.82) is 0 Å². The van der Waals surface area contributed by atoms with Crippen molar-refractivity contribution in [3.8, 4) is 5.75 Å². The van der Waals surface area contributed by atoms with E-state index in [1.165, 1.54) is 16.5 Å². The van der Waals surface area contributed by atoms with Crippen molar-refractivity contribution < 1.29 is 9.67 Å². The van der Waals surface area contributed by atoms with E-state index in [4.69, 9.17) is 0 Å². The molecule has 0 unspecified atom stereocenters. The fourth-order valence-electron chi connectivity index (χ4n) is 3.07. The minimum atomic E-state index is 0.300. The molecule has 0 bridgehead atoms. The Kier molecular flexibility index (Phi) is 3.51. The van der Waals surface area contributed by atoms with E-state index >= 15 is 0 Å². The average Bonchev–Trinajstić information content (AvgIpc) is 2.61. The maximum Gasteiger partial charge on any atom is 0.212 e. The Balaban J connectivity index is 1.75. The maximum absolute atomic E-state index is 9.56. The van der Waals surface area contributed by atoms with Gasteiger partial charge in [-0.05, 0) is 46.2 Å². The summed E-state index contributed by atoms with van der Waals surface area (Å²) in [5, 5.41) is 13.0. The van der Waals surface area contributed by atoms with Crippen LogP contribution in [0.25, 0.3) is 33.8 Å². The molecule has 0 aliphatic heterocycles. The zero-order valence-electron chi connectivity index (χ0n) is 13.5. The smallest absolute Gasteiger partial charge is 0.212 e. The number of phenolic OH excluding ortho intramolecular Hbond substituents is 1. The number of pyridine rings is 1. The fourth-order valence-corrected chi connectivity index (χ4v) is 3.07. The summed E-state index contributed by atoms with van der Waals surface area (Å²) in [4.78, 5) is 0. The topological polar surface area (TPSA) is 24.1 Å². The quantitative estimate of drug-likeness (QED) is 0.533. The first-order valence-corrected chi connectivity index (χ1v) is 7.99. The molecule has 4 rings (SSSR count). The van der Waals surface area contributed by atoms with Gasteiger partial charge in [-0.25, -0.2) is 4.57 Å². The Hall–Kier alpha value is -3.13. The van der Waals surface area contributed by atoms with Crippen molar-refractivity contribution in [2.24, 2.45) is 7.05 Å². The summed E-state index contributed by atoms with van der Waals surface area (Å²) in [6.45, 7) is 0. The monoisotopic (exact) mass is 312 g/mol. The first kappa shape index (κ1) is 14.5. The van der Waals surface area contributed by atoms with Gasteiger partial charge in [0.2, 0.25) is 5.52 Å². The van der Waals surface area contributed by atoms with Crippen LogP contribution in [0.15, 0.2) is 72.9 Å². The molecule has 3 aromatic carbocycles. The Bertz CT molecular complexity index is 1080. The summed E-state index contributed by atoms with van der Waals surface area (Å²) in [6, 6.07) is 22.3. The molecule has 1 heterocycles. The van der Waals surface area contributed by atoms with Crippen LogP contribution in [0.4, 0.5) is 0 Å². The predicted molar refractivity (Wildman–Crippen MR) is 99.7 cm³/mol. The van der Waals surface area contributed by atoms with Gasteiger partial charge < -0.3 is 5.11 Å². The molecule has 0 aliphatic rings. The summed E-state index contributed by atoms with van der Waals surface area (Å²) < 4.78 is 2.13. The Morgan fingerprint density at radius 1 is 0.833 bits per heavy atom. The van der Waals surface area contributed by atoms with Crippen LogP contribution in [0.2, 0.25) is 0 Å². The molecular weight excluding hydrogens is 294 g/mol. The molecule has 1 aromatic heterocycles. The maximum atomic E-state index is 9.56. The number of fused-ring (bicyclic) bond motifs is 2. The number of phenols is 1. The lowest BCUT2D eigenvalue weighted by Crippen LogP contribution is -2.28. The van der Waals surface area contributed by atoms with Crippen molar-refractivity contribution in [2.75, 3.05) is 0 Å². The molecular formula is C22H18NO+. The number of hydrogen-bond donors (Lipinski definition) is 1. The summed E-state index contributed by atoms with van der Waals surface area (Å²) in [5.74, 6) is 0.300. The second kappa shape index (κ2) is 5.82. The van der Waals surface area contributed by atoms with E-state index in [-0.39, 0.29) is 0 Å². The van der Waals surface area contributed by atoms with E-state index in [2.05, 4.69) is 72.4 Å². The summed E-state index contributed by atoms with van der Waals surface area (Å²) in [5.41, 5.74) is 3.56. The van der Waals surface area contributed by atoms with Gasteiger partial charge in [-0.3, -0.25) is 0 Å².